The van der Waals surface area contributed by atoms with E-state index >= 15 is 0 Å². The highest BCUT2D eigenvalue weighted by Crippen LogP contribution is 2.24. The van der Waals surface area contributed by atoms with Crippen molar-refractivity contribution >= 4 is 12.9 Å². The molecular formula is C18H31BN2O3. The van der Waals surface area contributed by atoms with Gasteiger partial charge < -0.3 is 19.4 Å². The van der Waals surface area contributed by atoms with Crippen LogP contribution in [0.1, 0.15) is 47.0 Å². The molecule has 0 aliphatic carbocycles. The summed E-state index contributed by atoms with van der Waals surface area (Å²) in [5.74, 6) is 0.655. The van der Waals surface area contributed by atoms with Crippen LogP contribution >= 0.6 is 0 Å². The number of aromatic nitrogens is 1. The van der Waals surface area contributed by atoms with Gasteiger partial charge in [-0.25, -0.2) is 4.98 Å². The van der Waals surface area contributed by atoms with Crippen LogP contribution in [0.5, 0.6) is 5.88 Å². The Balaban J connectivity index is 1.70. The maximum Gasteiger partial charge on any atom is 0.311 e. The van der Waals surface area contributed by atoms with Crippen LogP contribution in [0.25, 0.3) is 0 Å². The molecule has 0 spiro atoms. The Labute approximate surface area is 146 Å². The van der Waals surface area contributed by atoms with Gasteiger partial charge >= 0.3 is 7.48 Å². The van der Waals surface area contributed by atoms with Crippen LogP contribution < -0.4 is 10.2 Å². The second-order valence-corrected chi connectivity index (χ2v) is 7.61. The third-order valence-electron chi connectivity index (χ3n) is 4.94. The minimum absolute atomic E-state index is 0.416. The summed E-state index contributed by atoms with van der Waals surface area (Å²) in [6, 6.07) is 3.84. The van der Waals surface area contributed by atoms with E-state index in [0.717, 1.165) is 18.4 Å². The van der Waals surface area contributed by atoms with Gasteiger partial charge in [-0.05, 0) is 71.6 Å². The van der Waals surface area contributed by atoms with E-state index in [1.807, 2.05) is 26.0 Å². The van der Waals surface area contributed by atoms with Crippen LogP contribution in [0.2, 0.25) is 0 Å². The minimum Gasteiger partial charge on any atom is -0.478 e. The van der Waals surface area contributed by atoms with Gasteiger partial charge in [-0.3, -0.25) is 0 Å². The number of hydrogen-bond donors (Lipinski definition) is 1. The average Bonchev–Trinajstić information content (AvgIpc) is 3.03. The highest BCUT2D eigenvalue weighted by molar-refractivity contribution is 6.46. The fourth-order valence-electron chi connectivity index (χ4n) is 2.49. The van der Waals surface area contributed by atoms with Gasteiger partial charge in [-0.2, -0.15) is 0 Å². The fraction of sp³-hybridized carbons (Fsp3) is 0.722. The molecule has 6 heteroatoms. The molecule has 0 saturated carbocycles. The van der Waals surface area contributed by atoms with E-state index < -0.39 is 11.2 Å². The van der Waals surface area contributed by atoms with Gasteiger partial charge in [-0.15, -0.1) is 0 Å². The Hall–Kier alpha value is -1.11. The summed E-state index contributed by atoms with van der Waals surface area (Å²) < 4.78 is 11.5. The number of rotatable bonds is 9. The molecule has 1 saturated heterocycles. The molecule has 0 amide bonds. The summed E-state index contributed by atoms with van der Waals surface area (Å²) in [7, 11) is 0.416. The molecule has 1 fully saturated rings. The van der Waals surface area contributed by atoms with E-state index in [-0.39, 0.29) is 0 Å². The number of ether oxygens (including phenoxy) is 1. The average molecular weight is 334 g/mol. The number of pyridine rings is 1. The first kappa shape index (κ1) is 19.2. The molecule has 0 radical (unpaired) electrons. The van der Waals surface area contributed by atoms with Crippen molar-refractivity contribution in [1.82, 2.24) is 9.88 Å². The molecule has 1 aliphatic heterocycles. The smallest absolute Gasteiger partial charge is 0.311 e. The van der Waals surface area contributed by atoms with Crippen LogP contribution in [0.3, 0.4) is 0 Å². The van der Waals surface area contributed by atoms with Crippen LogP contribution in [-0.4, -0.2) is 59.9 Å². The Morgan fingerprint density at radius 3 is 2.50 bits per heavy atom. The third-order valence-corrected chi connectivity index (χ3v) is 4.94. The number of hydrogen-bond acceptors (Lipinski definition) is 5. The summed E-state index contributed by atoms with van der Waals surface area (Å²) in [5, 5.41) is 10.1. The highest BCUT2D eigenvalue weighted by atomic mass is 16.5. The predicted octanol–water partition coefficient (Wildman–Crippen LogP) is 1.49. The lowest BCUT2D eigenvalue weighted by atomic mass is 9.83. The molecule has 2 heterocycles. The Morgan fingerprint density at radius 1 is 1.21 bits per heavy atom. The summed E-state index contributed by atoms with van der Waals surface area (Å²) >= 11 is 0. The van der Waals surface area contributed by atoms with E-state index in [1.54, 1.807) is 20.0 Å². The van der Waals surface area contributed by atoms with E-state index in [1.165, 1.54) is 25.9 Å². The normalized spacial score (nSPS) is 16.4. The summed E-state index contributed by atoms with van der Waals surface area (Å²) in [5.41, 5.74) is -0.562. The number of likely N-dealkylation sites (tertiary alicyclic amines) is 1. The first-order valence-electron chi connectivity index (χ1n) is 8.94. The summed E-state index contributed by atoms with van der Waals surface area (Å²) in [4.78, 5) is 6.82. The van der Waals surface area contributed by atoms with Crippen molar-refractivity contribution in [3.63, 3.8) is 0 Å². The van der Waals surface area contributed by atoms with Crippen molar-refractivity contribution in [2.75, 3.05) is 26.2 Å². The first-order valence-corrected chi connectivity index (χ1v) is 8.94. The van der Waals surface area contributed by atoms with E-state index in [4.69, 9.17) is 9.39 Å². The van der Waals surface area contributed by atoms with Crippen molar-refractivity contribution in [3.8, 4) is 5.88 Å². The molecule has 0 aromatic carbocycles. The van der Waals surface area contributed by atoms with Crippen molar-refractivity contribution in [2.24, 2.45) is 0 Å². The topological polar surface area (TPSA) is 54.8 Å². The van der Waals surface area contributed by atoms with Crippen molar-refractivity contribution in [1.29, 1.82) is 0 Å². The zero-order valence-corrected chi connectivity index (χ0v) is 15.5. The molecule has 134 valence electrons. The molecule has 1 aromatic rings. The van der Waals surface area contributed by atoms with Gasteiger partial charge in [0.1, 0.15) is 0 Å². The molecule has 2 rings (SSSR count). The van der Waals surface area contributed by atoms with E-state index in [2.05, 4.69) is 9.88 Å². The first-order chi connectivity index (χ1) is 11.3. The Bertz CT molecular complexity index is 494. The second-order valence-electron chi connectivity index (χ2n) is 7.61. The minimum atomic E-state index is -0.904. The Kier molecular flexibility index (Phi) is 6.66. The zero-order chi connectivity index (χ0) is 17.6. The maximum absolute atomic E-state index is 10.1. The zero-order valence-electron chi connectivity index (χ0n) is 15.5. The quantitative estimate of drug-likeness (QED) is 0.548. The standard InChI is InChI=1S/C18H31BN2O3/c1-17(2,22)18(3,4)24-19-15-8-9-16(20-14-15)23-13-7-12-21-10-5-6-11-21/h8-9,14,19,22H,5-7,10-13H2,1-4H3. The molecule has 1 aliphatic rings. The maximum atomic E-state index is 10.1. The predicted molar refractivity (Wildman–Crippen MR) is 98.3 cm³/mol. The highest BCUT2D eigenvalue weighted by Gasteiger charge is 2.35. The fourth-order valence-corrected chi connectivity index (χ4v) is 2.49. The molecule has 24 heavy (non-hydrogen) atoms. The number of nitrogens with zero attached hydrogens (tertiary/aromatic N) is 2. The van der Waals surface area contributed by atoms with Crippen molar-refractivity contribution < 1.29 is 14.5 Å². The van der Waals surface area contributed by atoms with Crippen LogP contribution in [0.15, 0.2) is 18.3 Å². The van der Waals surface area contributed by atoms with Gasteiger partial charge in [0.05, 0.1) is 17.8 Å². The van der Waals surface area contributed by atoms with Gasteiger partial charge in [0.15, 0.2) is 0 Å². The van der Waals surface area contributed by atoms with Crippen molar-refractivity contribution in [3.05, 3.63) is 18.3 Å². The lowest BCUT2D eigenvalue weighted by Gasteiger charge is -2.37. The lowest BCUT2D eigenvalue weighted by molar-refractivity contribution is -0.0893. The van der Waals surface area contributed by atoms with E-state index in [0.29, 0.717) is 20.0 Å². The lowest BCUT2D eigenvalue weighted by Crippen LogP contribution is -2.49. The Morgan fingerprint density at radius 2 is 1.92 bits per heavy atom. The second kappa shape index (κ2) is 8.32. The molecule has 1 aromatic heterocycles. The third kappa shape index (κ3) is 5.76. The molecule has 1 N–H and O–H groups in total. The molecular weight excluding hydrogens is 303 g/mol. The molecule has 5 nitrogen and oxygen atoms in total. The van der Waals surface area contributed by atoms with Gasteiger partial charge in [-0.1, -0.05) is 6.07 Å². The summed E-state index contributed by atoms with van der Waals surface area (Å²) in [6.07, 6.45) is 5.47. The summed E-state index contributed by atoms with van der Waals surface area (Å²) in [6.45, 7) is 11.6. The van der Waals surface area contributed by atoms with E-state index in [9.17, 15) is 5.11 Å². The SMILES string of the molecule is CC(C)(O)C(C)(C)OBc1ccc(OCCCN2CCCC2)nc1. The van der Waals surface area contributed by atoms with Crippen LogP contribution in [-0.2, 0) is 4.65 Å². The molecule has 0 bridgehead atoms. The molecule has 0 unspecified atom stereocenters. The van der Waals surface area contributed by atoms with Gasteiger partial charge in [0.2, 0.25) is 5.88 Å². The monoisotopic (exact) mass is 334 g/mol. The van der Waals surface area contributed by atoms with Gasteiger partial charge in [0, 0.05) is 12.7 Å². The van der Waals surface area contributed by atoms with Crippen LogP contribution in [0.4, 0.5) is 0 Å². The molecule has 0 atom stereocenters. The van der Waals surface area contributed by atoms with Gasteiger partial charge in [0.25, 0.3) is 0 Å². The van der Waals surface area contributed by atoms with Crippen LogP contribution in [0, 0.1) is 0 Å². The largest absolute Gasteiger partial charge is 0.478 e. The van der Waals surface area contributed by atoms with Crippen molar-refractivity contribution in [2.45, 2.75) is 58.2 Å². The number of aliphatic hydroxyl groups is 1.